The zero-order valence-corrected chi connectivity index (χ0v) is 9.89. The van der Waals surface area contributed by atoms with E-state index in [0.29, 0.717) is 5.15 Å². The van der Waals surface area contributed by atoms with Crippen LogP contribution < -0.4 is 0 Å². The zero-order valence-electron chi connectivity index (χ0n) is 8.32. The van der Waals surface area contributed by atoms with Crippen LogP contribution in [-0.4, -0.2) is 9.97 Å². The smallest absolute Gasteiger partial charge is 0.136 e. The van der Waals surface area contributed by atoms with Crippen molar-refractivity contribution in [2.45, 2.75) is 23.8 Å². The lowest BCUT2D eigenvalue weighted by molar-refractivity contribution is 0.527. The van der Waals surface area contributed by atoms with E-state index in [9.17, 15) is 0 Å². The summed E-state index contributed by atoms with van der Waals surface area (Å²) in [4.78, 5) is 9.14. The molecule has 0 spiro atoms. The van der Waals surface area contributed by atoms with Gasteiger partial charge in [-0.2, -0.15) is 0 Å². The minimum absolute atomic E-state index is 0.494. The molecule has 3 nitrogen and oxygen atoms in total. The normalized spacial score (nSPS) is 10.6. The fourth-order valence-electron chi connectivity index (χ4n) is 1.10. The molecule has 0 aliphatic heterocycles. The molecule has 0 unspecified atom stereocenters. The van der Waals surface area contributed by atoms with Gasteiger partial charge < -0.3 is 4.42 Å². The third kappa shape index (κ3) is 2.16. The molecule has 0 saturated heterocycles. The molecule has 0 aliphatic rings. The monoisotopic (exact) mass is 240 g/mol. The van der Waals surface area contributed by atoms with Crippen LogP contribution >= 0.6 is 23.4 Å². The second-order valence-corrected chi connectivity index (χ2v) is 4.43. The molecule has 0 fully saturated rings. The molecule has 0 aliphatic carbocycles. The summed E-state index contributed by atoms with van der Waals surface area (Å²) in [5, 5.41) is 1.35. The quantitative estimate of drug-likeness (QED) is 0.754. The molecule has 0 atom stereocenters. The fourth-order valence-corrected chi connectivity index (χ4v) is 2.16. The van der Waals surface area contributed by atoms with Crippen molar-refractivity contribution in [2.24, 2.45) is 0 Å². The van der Waals surface area contributed by atoms with Crippen molar-refractivity contribution in [1.82, 2.24) is 9.97 Å². The molecule has 15 heavy (non-hydrogen) atoms. The van der Waals surface area contributed by atoms with Crippen LogP contribution in [-0.2, 0) is 0 Å². The highest BCUT2D eigenvalue weighted by Gasteiger charge is 2.09. The van der Waals surface area contributed by atoms with E-state index in [4.69, 9.17) is 16.0 Å². The van der Waals surface area contributed by atoms with Gasteiger partial charge in [-0.25, -0.2) is 9.97 Å². The van der Waals surface area contributed by atoms with Crippen LogP contribution in [0.2, 0.25) is 5.15 Å². The Bertz CT molecular complexity index is 484. The summed E-state index contributed by atoms with van der Waals surface area (Å²) in [7, 11) is 0. The number of aromatic nitrogens is 2. The van der Waals surface area contributed by atoms with Crippen molar-refractivity contribution in [2.75, 3.05) is 0 Å². The van der Waals surface area contributed by atoms with Crippen molar-refractivity contribution in [3.8, 4) is 0 Å². The summed E-state index contributed by atoms with van der Waals surface area (Å²) in [6.45, 7) is 3.82. The summed E-state index contributed by atoms with van der Waals surface area (Å²) in [6.07, 6.45) is 3.13. The molecule has 0 amide bonds. The van der Waals surface area contributed by atoms with E-state index in [-0.39, 0.29) is 0 Å². The second-order valence-electron chi connectivity index (χ2n) is 3.04. The highest BCUT2D eigenvalue weighted by atomic mass is 35.5. The molecule has 2 aromatic heterocycles. The van der Waals surface area contributed by atoms with Crippen molar-refractivity contribution in [3.05, 3.63) is 35.1 Å². The van der Waals surface area contributed by atoms with Gasteiger partial charge in [0, 0.05) is 5.56 Å². The van der Waals surface area contributed by atoms with Crippen LogP contribution in [0.4, 0.5) is 0 Å². The van der Waals surface area contributed by atoms with Gasteiger partial charge in [0.1, 0.15) is 22.3 Å². The number of nitrogens with zero attached hydrogens (tertiary/aromatic N) is 2. The molecular weight excluding hydrogens is 232 g/mol. The lowest BCUT2D eigenvalue weighted by Crippen LogP contribution is -1.89. The molecule has 2 aromatic rings. The minimum Gasteiger partial charge on any atom is -0.468 e. The fraction of sp³-hybridized carbons (Fsp3) is 0.200. The third-order valence-corrected chi connectivity index (χ3v) is 3.62. The van der Waals surface area contributed by atoms with Crippen LogP contribution in [0.1, 0.15) is 11.3 Å². The molecule has 0 aromatic carbocycles. The van der Waals surface area contributed by atoms with E-state index in [1.807, 2.05) is 19.9 Å². The predicted molar refractivity (Wildman–Crippen MR) is 59.3 cm³/mol. The Morgan fingerprint density at radius 1 is 1.33 bits per heavy atom. The molecule has 0 saturated carbocycles. The highest BCUT2D eigenvalue weighted by molar-refractivity contribution is 7.99. The summed E-state index contributed by atoms with van der Waals surface area (Å²) in [5.74, 6) is 0.883. The van der Waals surface area contributed by atoms with Crippen molar-refractivity contribution < 1.29 is 4.42 Å². The number of halogens is 1. The van der Waals surface area contributed by atoms with Crippen molar-refractivity contribution >= 4 is 23.4 Å². The molecule has 2 heterocycles. The van der Waals surface area contributed by atoms with Gasteiger partial charge in [0.15, 0.2) is 0 Å². The topological polar surface area (TPSA) is 38.9 Å². The van der Waals surface area contributed by atoms with Crippen molar-refractivity contribution in [3.63, 3.8) is 0 Å². The summed E-state index contributed by atoms with van der Waals surface area (Å²) in [5.41, 5.74) is 0.893. The number of furan rings is 1. The van der Waals surface area contributed by atoms with Gasteiger partial charge in [0.05, 0.1) is 11.2 Å². The first-order chi connectivity index (χ1) is 7.18. The molecule has 5 heteroatoms. The second kappa shape index (κ2) is 4.24. The molecule has 0 radical (unpaired) electrons. The standard InChI is InChI=1S/C10H9ClN2OS/c1-6-9(11)12-5-13-10(6)15-8-3-4-14-7(8)2/h3-5H,1-2H3. The first-order valence-electron chi connectivity index (χ1n) is 4.37. The van der Waals surface area contributed by atoms with E-state index < -0.39 is 0 Å². The average Bonchev–Trinajstić information content (AvgIpc) is 2.60. The number of rotatable bonds is 2. The van der Waals surface area contributed by atoms with Crippen molar-refractivity contribution in [1.29, 1.82) is 0 Å². The van der Waals surface area contributed by atoms with Crippen LogP contribution in [0.25, 0.3) is 0 Å². The van der Waals surface area contributed by atoms with E-state index in [0.717, 1.165) is 21.2 Å². The number of hydrogen-bond donors (Lipinski definition) is 0. The number of hydrogen-bond acceptors (Lipinski definition) is 4. The molecule has 78 valence electrons. The Morgan fingerprint density at radius 3 is 2.80 bits per heavy atom. The molecule has 0 N–H and O–H groups in total. The maximum atomic E-state index is 5.91. The predicted octanol–water partition coefficient (Wildman–Crippen LogP) is 3.49. The minimum atomic E-state index is 0.494. The van der Waals surface area contributed by atoms with E-state index in [1.54, 1.807) is 6.26 Å². The Morgan fingerprint density at radius 2 is 2.13 bits per heavy atom. The van der Waals surface area contributed by atoms with Gasteiger partial charge in [-0.1, -0.05) is 23.4 Å². The SMILES string of the molecule is Cc1occc1Sc1ncnc(Cl)c1C. The number of aryl methyl sites for hydroxylation is 1. The largest absolute Gasteiger partial charge is 0.468 e. The zero-order chi connectivity index (χ0) is 10.8. The Kier molecular flexibility index (Phi) is 2.98. The Labute approximate surface area is 96.9 Å². The molecular formula is C10H9ClN2OS. The van der Waals surface area contributed by atoms with Gasteiger partial charge in [-0.05, 0) is 19.9 Å². The van der Waals surface area contributed by atoms with E-state index in [2.05, 4.69) is 9.97 Å². The van der Waals surface area contributed by atoms with Gasteiger partial charge in [-0.3, -0.25) is 0 Å². The summed E-state index contributed by atoms with van der Waals surface area (Å²) < 4.78 is 5.21. The van der Waals surface area contributed by atoms with Gasteiger partial charge in [0.25, 0.3) is 0 Å². The lowest BCUT2D eigenvalue weighted by atomic mass is 10.4. The third-order valence-electron chi connectivity index (χ3n) is 1.99. The molecule has 2 rings (SSSR count). The molecule has 0 bridgehead atoms. The van der Waals surface area contributed by atoms with Crippen LogP contribution in [0.15, 0.2) is 33.0 Å². The van der Waals surface area contributed by atoms with Crippen LogP contribution in [0.5, 0.6) is 0 Å². The Balaban J connectivity index is 2.33. The van der Waals surface area contributed by atoms with E-state index >= 15 is 0 Å². The summed E-state index contributed by atoms with van der Waals surface area (Å²) >= 11 is 7.44. The highest BCUT2D eigenvalue weighted by Crippen LogP contribution is 2.32. The van der Waals surface area contributed by atoms with Gasteiger partial charge >= 0.3 is 0 Å². The van der Waals surface area contributed by atoms with E-state index in [1.165, 1.54) is 18.1 Å². The van der Waals surface area contributed by atoms with Gasteiger partial charge in [-0.15, -0.1) is 0 Å². The maximum Gasteiger partial charge on any atom is 0.136 e. The van der Waals surface area contributed by atoms with Gasteiger partial charge in [0.2, 0.25) is 0 Å². The summed E-state index contributed by atoms with van der Waals surface area (Å²) in [6, 6.07) is 1.91. The average molecular weight is 241 g/mol. The first-order valence-corrected chi connectivity index (χ1v) is 5.57. The maximum absolute atomic E-state index is 5.91. The Hall–Kier alpha value is -1.00. The lowest BCUT2D eigenvalue weighted by Gasteiger charge is -2.03. The first kappa shape index (κ1) is 10.5. The van der Waals surface area contributed by atoms with Crippen LogP contribution in [0, 0.1) is 13.8 Å². The van der Waals surface area contributed by atoms with Crippen LogP contribution in [0.3, 0.4) is 0 Å².